The lowest BCUT2D eigenvalue weighted by molar-refractivity contribution is 0.0697. The van der Waals surface area contributed by atoms with Crippen molar-refractivity contribution in [2.45, 2.75) is 6.61 Å². The summed E-state index contributed by atoms with van der Waals surface area (Å²) in [5.41, 5.74) is 6.75. The van der Waals surface area contributed by atoms with Gasteiger partial charge >= 0.3 is 5.97 Å². The van der Waals surface area contributed by atoms with Crippen LogP contribution in [0.4, 0.5) is 10.1 Å². The Morgan fingerprint density at radius 2 is 1.89 bits per heavy atom. The lowest BCUT2D eigenvalue weighted by Crippen LogP contribution is -2.02. The molecule has 0 aromatic heterocycles. The molecular formula is C14H12FNO3. The van der Waals surface area contributed by atoms with E-state index in [9.17, 15) is 9.18 Å². The smallest absolute Gasteiger partial charge is 0.335 e. The Bertz CT molecular complexity index is 576. The highest BCUT2D eigenvalue weighted by Crippen LogP contribution is 2.25. The minimum atomic E-state index is -0.995. The number of para-hydroxylation sites is 1. The zero-order chi connectivity index (χ0) is 13.8. The molecule has 3 N–H and O–H groups in total. The average molecular weight is 261 g/mol. The molecule has 0 spiro atoms. The Kier molecular flexibility index (Phi) is 3.66. The predicted molar refractivity (Wildman–Crippen MR) is 68.5 cm³/mol. The third kappa shape index (κ3) is 3.01. The van der Waals surface area contributed by atoms with Gasteiger partial charge in [0.15, 0.2) is 11.6 Å². The fourth-order valence-corrected chi connectivity index (χ4v) is 1.58. The largest absolute Gasteiger partial charge is 0.484 e. The summed E-state index contributed by atoms with van der Waals surface area (Å²) in [5, 5.41) is 8.76. The van der Waals surface area contributed by atoms with E-state index < -0.39 is 11.8 Å². The van der Waals surface area contributed by atoms with Crippen LogP contribution in [0.25, 0.3) is 0 Å². The normalized spacial score (nSPS) is 10.2. The number of halogens is 1. The molecule has 0 atom stereocenters. The summed E-state index contributed by atoms with van der Waals surface area (Å²) in [6.45, 7) is 0.116. The number of aromatic carboxylic acids is 1. The summed E-state index contributed by atoms with van der Waals surface area (Å²) in [7, 11) is 0. The predicted octanol–water partition coefficient (Wildman–Crippen LogP) is 2.69. The van der Waals surface area contributed by atoms with E-state index in [1.165, 1.54) is 24.3 Å². The number of rotatable bonds is 4. The molecule has 5 heteroatoms. The summed E-state index contributed by atoms with van der Waals surface area (Å²) in [4.78, 5) is 10.7. The van der Waals surface area contributed by atoms with E-state index in [0.29, 0.717) is 0 Å². The SMILES string of the molecule is Nc1cccc(F)c1OCc1ccc(C(=O)O)cc1. The summed E-state index contributed by atoms with van der Waals surface area (Å²) >= 11 is 0. The Balaban J connectivity index is 2.08. The maximum Gasteiger partial charge on any atom is 0.335 e. The Morgan fingerprint density at radius 3 is 2.47 bits per heavy atom. The van der Waals surface area contributed by atoms with E-state index in [-0.39, 0.29) is 23.6 Å². The number of nitrogen functional groups attached to an aromatic ring is 1. The van der Waals surface area contributed by atoms with Crippen LogP contribution in [0.5, 0.6) is 5.75 Å². The zero-order valence-electron chi connectivity index (χ0n) is 9.97. The van der Waals surface area contributed by atoms with Gasteiger partial charge in [-0.2, -0.15) is 0 Å². The van der Waals surface area contributed by atoms with Gasteiger partial charge in [0.2, 0.25) is 0 Å². The van der Waals surface area contributed by atoms with Gasteiger partial charge in [0, 0.05) is 0 Å². The van der Waals surface area contributed by atoms with Gasteiger partial charge in [0.05, 0.1) is 11.3 Å². The number of carboxylic acids is 1. The molecule has 0 saturated carbocycles. The van der Waals surface area contributed by atoms with Crippen molar-refractivity contribution in [1.29, 1.82) is 0 Å². The van der Waals surface area contributed by atoms with Crippen LogP contribution in [0.15, 0.2) is 42.5 Å². The van der Waals surface area contributed by atoms with Crippen LogP contribution in [0, 0.1) is 5.82 Å². The molecule has 0 heterocycles. The molecule has 0 fully saturated rings. The van der Waals surface area contributed by atoms with Gasteiger partial charge in [-0.25, -0.2) is 9.18 Å². The van der Waals surface area contributed by atoms with Gasteiger partial charge in [-0.15, -0.1) is 0 Å². The molecule has 0 aliphatic heterocycles. The number of hydrogen-bond acceptors (Lipinski definition) is 3. The van der Waals surface area contributed by atoms with E-state index in [1.54, 1.807) is 18.2 Å². The molecule has 0 radical (unpaired) electrons. The summed E-state index contributed by atoms with van der Waals surface area (Å²) < 4.78 is 18.7. The van der Waals surface area contributed by atoms with Crippen molar-refractivity contribution in [2.75, 3.05) is 5.73 Å². The number of benzene rings is 2. The van der Waals surface area contributed by atoms with Crippen LogP contribution in [0.3, 0.4) is 0 Å². The minimum absolute atomic E-state index is 0.00445. The molecule has 0 bridgehead atoms. The fourth-order valence-electron chi connectivity index (χ4n) is 1.58. The van der Waals surface area contributed by atoms with Crippen LogP contribution in [-0.4, -0.2) is 11.1 Å². The lowest BCUT2D eigenvalue weighted by atomic mass is 10.1. The molecular weight excluding hydrogens is 249 g/mol. The molecule has 2 aromatic carbocycles. The van der Waals surface area contributed by atoms with Crippen molar-refractivity contribution in [2.24, 2.45) is 0 Å². The minimum Gasteiger partial charge on any atom is -0.484 e. The Labute approximate surface area is 109 Å². The van der Waals surface area contributed by atoms with Crippen LogP contribution in [0.2, 0.25) is 0 Å². The first kappa shape index (κ1) is 12.9. The quantitative estimate of drug-likeness (QED) is 0.830. The molecule has 0 saturated heterocycles. The second-order valence-electron chi connectivity index (χ2n) is 3.95. The average Bonchev–Trinajstić information content (AvgIpc) is 2.38. The molecule has 0 aliphatic rings. The number of hydrogen-bond donors (Lipinski definition) is 2. The molecule has 4 nitrogen and oxygen atoms in total. The van der Waals surface area contributed by atoms with Crippen molar-refractivity contribution in [1.82, 2.24) is 0 Å². The maximum absolute atomic E-state index is 13.4. The number of carboxylic acid groups (broad SMARTS) is 1. The maximum atomic E-state index is 13.4. The lowest BCUT2D eigenvalue weighted by Gasteiger charge is -2.09. The molecule has 19 heavy (non-hydrogen) atoms. The highest BCUT2D eigenvalue weighted by atomic mass is 19.1. The van der Waals surface area contributed by atoms with Crippen LogP contribution < -0.4 is 10.5 Å². The second kappa shape index (κ2) is 5.39. The zero-order valence-corrected chi connectivity index (χ0v) is 9.97. The van der Waals surface area contributed by atoms with E-state index in [2.05, 4.69) is 0 Å². The number of carbonyl (C=O) groups is 1. The van der Waals surface area contributed by atoms with E-state index in [1.807, 2.05) is 0 Å². The third-order valence-electron chi connectivity index (χ3n) is 2.58. The van der Waals surface area contributed by atoms with Gasteiger partial charge in [-0.3, -0.25) is 0 Å². The van der Waals surface area contributed by atoms with Crippen molar-refractivity contribution in [3.8, 4) is 5.75 Å². The summed E-state index contributed by atoms with van der Waals surface area (Å²) in [5.74, 6) is -1.52. The molecule has 0 unspecified atom stereocenters. The summed E-state index contributed by atoms with van der Waals surface area (Å²) in [6, 6.07) is 10.5. The van der Waals surface area contributed by atoms with Crippen molar-refractivity contribution in [3.05, 3.63) is 59.4 Å². The Morgan fingerprint density at radius 1 is 1.21 bits per heavy atom. The molecule has 0 amide bonds. The molecule has 2 rings (SSSR count). The first-order valence-electron chi connectivity index (χ1n) is 5.57. The highest BCUT2D eigenvalue weighted by molar-refractivity contribution is 5.87. The Hall–Kier alpha value is -2.56. The highest BCUT2D eigenvalue weighted by Gasteiger charge is 2.08. The molecule has 98 valence electrons. The van der Waals surface area contributed by atoms with Gasteiger partial charge in [-0.1, -0.05) is 18.2 Å². The third-order valence-corrected chi connectivity index (χ3v) is 2.58. The first-order chi connectivity index (χ1) is 9.08. The number of ether oxygens (including phenoxy) is 1. The van der Waals surface area contributed by atoms with Crippen molar-refractivity contribution >= 4 is 11.7 Å². The van der Waals surface area contributed by atoms with E-state index >= 15 is 0 Å². The standard InChI is InChI=1S/C14H12FNO3/c15-11-2-1-3-12(16)13(11)19-8-9-4-6-10(7-5-9)14(17)18/h1-7H,8,16H2,(H,17,18). The number of nitrogens with two attached hydrogens (primary N) is 1. The summed E-state index contributed by atoms with van der Waals surface area (Å²) in [6.07, 6.45) is 0. The van der Waals surface area contributed by atoms with Gasteiger partial charge < -0.3 is 15.6 Å². The fraction of sp³-hybridized carbons (Fsp3) is 0.0714. The van der Waals surface area contributed by atoms with Gasteiger partial charge in [0.25, 0.3) is 0 Å². The number of anilines is 1. The van der Waals surface area contributed by atoms with Gasteiger partial charge in [-0.05, 0) is 29.8 Å². The molecule has 2 aromatic rings. The van der Waals surface area contributed by atoms with Crippen LogP contribution in [-0.2, 0) is 6.61 Å². The van der Waals surface area contributed by atoms with Crippen LogP contribution in [0.1, 0.15) is 15.9 Å². The molecule has 0 aliphatic carbocycles. The van der Waals surface area contributed by atoms with Crippen molar-refractivity contribution < 1.29 is 19.0 Å². The topological polar surface area (TPSA) is 72.5 Å². The van der Waals surface area contributed by atoms with Crippen molar-refractivity contribution in [3.63, 3.8) is 0 Å². The second-order valence-corrected chi connectivity index (χ2v) is 3.95. The first-order valence-corrected chi connectivity index (χ1v) is 5.57. The van der Waals surface area contributed by atoms with Crippen LogP contribution >= 0.6 is 0 Å². The van der Waals surface area contributed by atoms with Gasteiger partial charge in [0.1, 0.15) is 6.61 Å². The van der Waals surface area contributed by atoms with E-state index in [4.69, 9.17) is 15.6 Å². The van der Waals surface area contributed by atoms with E-state index in [0.717, 1.165) is 5.56 Å². The monoisotopic (exact) mass is 261 g/mol.